The molecule has 4 aromatic rings. The van der Waals surface area contributed by atoms with Crippen LogP contribution < -0.4 is 15.6 Å². The maximum atomic E-state index is 12.8. The fourth-order valence-corrected chi connectivity index (χ4v) is 4.23. The molecule has 0 aliphatic heterocycles. The Morgan fingerprint density at radius 1 is 1.10 bits per heavy atom. The molecule has 0 fully saturated rings. The summed E-state index contributed by atoms with van der Waals surface area (Å²) < 4.78 is 7.36. The van der Waals surface area contributed by atoms with Crippen LogP contribution in [0.3, 0.4) is 0 Å². The number of para-hydroxylation sites is 1. The van der Waals surface area contributed by atoms with Gasteiger partial charge < -0.3 is 10.1 Å². The van der Waals surface area contributed by atoms with Gasteiger partial charge in [0.2, 0.25) is 0 Å². The molecule has 1 N–H and O–H groups in total. The number of fused-ring (bicyclic) bond motifs is 1. The number of aryl methyl sites for hydroxylation is 2. The second-order valence-electron chi connectivity index (χ2n) is 6.87. The van der Waals surface area contributed by atoms with Crippen LogP contribution in [-0.2, 0) is 6.54 Å². The van der Waals surface area contributed by atoms with Gasteiger partial charge in [0.05, 0.1) is 16.6 Å². The molecule has 152 valence electrons. The second-order valence-corrected chi connectivity index (χ2v) is 7.87. The average molecular weight is 420 g/mol. The van der Waals surface area contributed by atoms with Gasteiger partial charge in [0.25, 0.3) is 11.5 Å². The Bertz CT molecular complexity index is 1240. The van der Waals surface area contributed by atoms with Gasteiger partial charge in [-0.2, -0.15) is 0 Å². The van der Waals surface area contributed by atoms with E-state index in [1.54, 1.807) is 42.1 Å². The van der Waals surface area contributed by atoms with Gasteiger partial charge in [0, 0.05) is 12.2 Å². The number of aromatic nitrogens is 2. The van der Waals surface area contributed by atoms with E-state index >= 15 is 0 Å². The van der Waals surface area contributed by atoms with Crippen LogP contribution in [0, 0.1) is 6.92 Å². The number of ether oxygens (including phenoxy) is 1. The molecular weight excluding hydrogens is 398 g/mol. The van der Waals surface area contributed by atoms with Crippen LogP contribution in [0.15, 0.2) is 65.7 Å². The molecular formula is C23H21N3O3S. The number of thiophene rings is 1. The summed E-state index contributed by atoms with van der Waals surface area (Å²) in [4.78, 5) is 31.0. The Morgan fingerprint density at radius 2 is 1.80 bits per heavy atom. The fraction of sp³-hybridized carbons (Fsp3) is 0.174. The maximum Gasteiger partial charge on any atom is 0.266 e. The van der Waals surface area contributed by atoms with Gasteiger partial charge in [-0.25, -0.2) is 4.98 Å². The first-order chi connectivity index (χ1) is 14.6. The highest BCUT2D eigenvalue weighted by molar-refractivity contribution is 7.20. The van der Waals surface area contributed by atoms with Crippen molar-refractivity contribution >= 4 is 33.1 Å². The van der Waals surface area contributed by atoms with Crippen molar-refractivity contribution < 1.29 is 9.53 Å². The third kappa shape index (κ3) is 3.97. The predicted octanol–water partition coefficient (Wildman–Crippen LogP) is 5.22. The summed E-state index contributed by atoms with van der Waals surface area (Å²) in [5.74, 6) is 1.17. The first kappa shape index (κ1) is 19.8. The van der Waals surface area contributed by atoms with Crippen molar-refractivity contribution in [1.29, 1.82) is 0 Å². The highest BCUT2D eigenvalue weighted by atomic mass is 32.1. The molecule has 2 aromatic heterocycles. The van der Waals surface area contributed by atoms with Crippen molar-refractivity contribution in [2.75, 3.05) is 5.32 Å². The number of nitrogens with zero attached hydrogens (tertiary/aromatic N) is 2. The first-order valence-electron chi connectivity index (χ1n) is 9.69. The lowest BCUT2D eigenvalue weighted by molar-refractivity contribution is 0.103. The molecule has 0 aliphatic rings. The molecule has 0 bridgehead atoms. The van der Waals surface area contributed by atoms with Crippen LogP contribution in [-0.4, -0.2) is 15.5 Å². The molecule has 2 heterocycles. The number of amides is 1. The molecule has 0 saturated heterocycles. The minimum absolute atomic E-state index is 0.0999. The largest absolute Gasteiger partial charge is 0.457 e. The van der Waals surface area contributed by atoms with E-state index < -0.39 is 0 Å². The van der Waals surface area contributed by atoms with E-state index in [2.05, 4.69) is 10.3 Å². The number of hydrogen-bond donors (Lipinski definition) is 1. The zero-order valence-corrected chi connectivity index (χ0v) is 17.5. The molecule has 1 amide bonds. The van der Waals surface area contributed by atoms with Crippen LogP contribution in [0.4, 0.5) is 5.69 Å². The zero-order valence-electron chi connectivity index (χ0n) is 16.7. The van der Waals surface area contributed by atoms with Crippen molar-refractivity contribution in [2.24, 2.45) is 0 Å². The topological polar surface area (TPSA) is 73.2 Å². The second kappa shape index (κ2) is 8.51. The first-order valence-corrected chi connectivity index (χ1v) is 10.5. The molecule has 30 heavy (non-hydrogen) atoms. The Balaban J connectivity index is 1.54. The molecule has 0 saturated carbocycles. The zero-order chi connectivity index (χ0) is 21.1. The lowest BCUT2D eigenvalue weighted by atomic mass is 10.2. The maximum absolute atomic E-state index is 12.8. The van der Waals surface area contributed by atoms with Gasteiger partial charge in [-0.15, -0.1) is 11.3 Å². The number of carbonyl (C=O) groups excluding carboxylic acids is 1. The number of hydrogen-bond acceptors (Lipinski definition) is 5. The number of rotatable bonds is 6. The van der Waals surface area contributed by atoms with E-state index in [1.807, 2.05) is 37.3 Å². The molecule has 0 atom stereocenters. The molecule has 0 spiro atoms. The smallest absolute Gasteiger partial charge is 0.266 e. The SMILES string of the molecule is CCCn1cnc2sc(C(=O)Nc3ccc(Oc4ccccc4)cc3)c(C)c2c1=O. The normalized spacial score (nSPS) is 10.9. The molecule has 0 radical (unpaired) electrons. The number of anilines is 1. The van der Waals surface area contributed by atoms with Gasteiger partial charge in [-0.05, 0) is 55.3 Å². The van der Waals surface area contributed by atoms with Gasteiger partial charge in [0.15, 0.2) is 0 Å². The van der Waals surface area contributed by atoms with Crippen molar-refractivity contribution in [3.05, 3.63) is 81.7 Å². The van der Waals surface area contributed by atoms with E-state index in [-0.39, 0.29) is 11.5 Å². The minimum atomic E-state index is -0.256. The lowest BCUT2D eigenvalue weighted by Crippen LogP contribution is -2.20. The molecule has 0 unspecified atom stereocenters. The average Bonchev–Trinajstić information content (AvgIpc) is 3.10. The highest BCUT2D eigenvalue weighted by Gasteiger charge is 2.19. The minimum Gasteiger partial charge on any atom is -0.457 e. The van der Waals surface area contributed by atoms with Crippen LogP contribution in [0.1, 0.15) is 28.6 Å². The molecule has 6 nitrogen and oxygen atoms in total. The van der Waals surface area contributed by atoms with E-state index in [9.17, 15) is 9.59 Å². The van der Waals surface area contributed by atoms with E-state index in [1.165, 1.54) is 11.3 Å². The fourth-order valence-electron chi connectivity index (χ4n) is 3.19. The highest BCUT2D eigenvalue weighted by Crippen LogP contribution is 2.28. The van der Waals surface area contributed by atoms with Crippen molar-refractivity contribution in [3.8, 4) is 11.5 Å². The Kier molecular flexibility index (Phi) is 5.63. The standard InChI is InChI=1S/C23H21N3O3S/c1-3-13-26-14-24-22-19(23(26)28)15(2)20(30-22)21(27)25-16-9-11-18(12-10-16)29-17-7-5-4-6-8-17/h4-12,14H,3,13H2,1-2H3,(H,25,27). The summed E-state index contributed by atoms with van der Waals surface area (Å²) in [6.45, 7) is 4.41. The summed E-state index contributed by atoms with van der Waals surface area (Å²) in [5, 5.41) is 3.41. The molecule has 7 heteroatoms. The lowest BCUT2D eigenvalue weighted by Gasteiger charge is -2.08. The van der Waals surface area contributed by atoms with Crippen LogP contribution >= 0.6 is 11.3 Å². The number of benzene rings is 2. The predicted molar refractivity (Wildman–Crippen MR) is 120 cm³/mol. The summed E-state index contributed by atoms with van der Waals surface area (Å²) in [7, 11) is 0. The van der Waals surface area contributed by atoms with E-state index in [0.717, 1.165) is 12.2 Å². The Labute approximate surface area is 177 Å². The van der Waals surface area contributed by atoms with Crippen LogP contribution in [0.25, 0.3) is 10.2 Å². The molecule has 0 aliphatic carbocycles. The van der Waals surface area contributed by atoms with Crippen LogP contribution in [0.2, 0.25) is 0 Å². The Morgan fingerprint density at radius 3 is 2.50 bits per heavy atom. The monoisotopic (exact) mass is 419 g/mol. The summed E-state index contributed by atoms with van der Waals surface area (Å²) in [6, 6.07) is 16.7. The van der Waals surface area contributed by atoms with Crippen molar-refractivity contribution in [3.63, 3.8) is 0 Å². The van der Waals surface area contributed by atoms with Crippen LogP contribution in [0.5, 0.6) is 11.5 Å². The number of nitrogens with one attached hydrogen (secondary N) is 1. The van der Waals surface area contributed by atoms with Crippen molar-refractivity contribution in [2.45, 2.75) is 26.8 Å². The summed E-state index contributed by atoms with van der Waals surface area (Å²) >= 11 is 1.24. The third-order valence-corrected chi connectivity index (χ3v) is 5.88. The summed E-state index contributed by atoms with van der Waals surface area (Å²) in [6.07, 6.45) is 2.39. The molecule has 2 aromatic carbocycles. The molecule has 4 rings (SSSR count). The quantitative estimate of drug-likeness (QED) is 0.465. The summed E-state index contributed by atoms with van der Waals surface area (Å²) in [5.41, 5.74) is 1.21. The van der Waals surface area contributed by atoms with Gasteiger partial charge in [0.1, 0.15) is 16.3 Å². The van der Waals surface area contributed by atoms with E-state index in [4.69, 9.17) is 4.74 Å². The van der Waals surface area contributed by atoms with Gasteiger partial charge in [-0.3, -0.25) is 14.2 Å². The third-order valence-electron chi connectivity index (χ3n) is 4.68. The van der Waals surface area contributed by atoms with Gasteiger partial charge in [-0.1, -0.05) is 25.1 Å². The van der Waals surface area contributed by atoms with E-state index in [0.29, 0.717) is 38.6 Å². The Hall–Kier alpha value is -3.45. The van der Waals surface area contributed by atoms with Gasteiger partial charge >= 0.3 is 0 Å². The number of carbonyl (C=O) groups is 1. The van der Waals surface area contributed by atoms with Crippen molar-refractivity contribution in [1.82, 2.24) is 9.55 Å².